The number of hydrogen-bond donors (Lipinski definition) is 3. The summed E-state index contributed by atoms with van der Waals surface area (Å²) in [6, 6.07) is 0. The van der Waals surface area contributed by atoms with Crippen LogP contribution in [0.15, 0.2) is 16.8 Å². The zero-order valence-electron chi connectivity index (χ0n) is 15.4. The number of allylic oxidation sites excluding steroid dienone is 2. The molecule has 0 aromatic rings. The minimum Gasteiger partial charge on any atom is -0.393 e. The molecule has 25 heavy (non-hydrogen) atoms. The molecule has 6 atom stereocenters. The average molecular weight is 362 g/mol. The molecule has 0 amide bonds. The van der Waals surface area contributed by atoms with E-state index in [9.17, 15) is 5.11 Å². The Bertz CT molecular complexity index is 645. The van der Waals surface area contributed by atoms with Crippen molar-refractivity contribution in [1.29, 1.82) is 0 Å². The van der Waals surface area contributed by atoms with Gasteiger partial charge in [-0.1, -0.05) is 19.4 Å². The minimum absolute atomic E-state index is 0.0838. The number of hydrogen-bond acceptors (Lipinski definition) is 3. The second-order valence-corrected chi connectivity index (χ2v) is 9.66. The van der Waals surface area contributed by atoms with E-state index >= 15 is 0 Å². The fourth-order valence-electron chi connectivity index (χ4n) is 6.76. The molecule has 3 saturated carbocycles. The summed E-state index contributed by atoms with van der Waals surface area (Å²) in [6.45, 7) is 4.84. The van der Waals surface area contributed by atoms with E-state index in [-0.39, 0.29) is 16.6 Å². The number of aliphatic hydroxyl groups excluding tert-OH is 1. The fraction of sp³-hybridized carbons (Fsp3) is 0.800. The third-order valence-electron chi connectivity index (χ3n) is 8.24. The highest BCUT2D eigenvalue weighted by molar-refractivity contribution is 7.80. The largest absolute Gasteiger partial charge is 0.393 e. The van der Waals surface area contributed by atoms with Gasteiger partial charge in [0.25, 0.3) is 0 Å². The highest BCUT2D eigenvalue weighted by Crippen LogP contribution is 2.65. The van der Waals surface area contributed by atoms with E-state index in [1.807, 2.05) is 0 Å². The second-order valence-electron chi connectivity index (χ2n) is 9.22. The maximum absolute atomic E-state index is 10.6. The standard InChI is InChI=1S/C20H31N3OS/c1-19-9-7-13(22-23-18(21)25)11-12(19)3-4-14-15-5-6-17(24)20(15,2)10-8-16(14)19/h11,14-17,24H,3-10H2,1-2H3,(H3,21,23,25)/b22-13-/t14-,15-,16-,17-,19-,20-/m0/s1. The Labute approximate surface area is 156 Å². The SMILES string of the molecule is C[C@]12CC[C@H]3[C@@H](CCC4=C/C(=N\NC(N)=S)CC[C@@]43C)[C@@H]1CC[C@@H]2O. The summed E-state index contributed by atoms with van der Waals surface area (Å²) in [4.78, 5) is 0. The van der Waals surface area contributed by atoms with Gasteiger partial charge >= 0.3 is 0 Å². The van der Waals surface area contributed by atoms with Crippen molar-refractivity contribution in [3.05, 3.63) is 11.6 Å². The molecule has 0 bridgehead atoms. The Morgan fingerprint density at radius 3 is 2.76 bits per heavy atom. The van der Waals surface area contributed by atoms with Gasteiger partial charge < -0.3 is 10.8 Å². The lowest BCUT2D eigenvalue weighted by molar-refractivity contribution is -0.0721. The Morgan fingerprint density at radius 2 is 2.00 bits per heavy atom. The Morgan fingerprint density at radius 1 is 1.20 bits per heavy atom. The van der Waals surface area contributed by atoms with Gasteiger partial charge in [0, 0.05) is 0 Å². The van der Waals surface area contributed by atoms with Crippen LogP contribution >= 0.6 is 12.2 Å². The van der Waals surface area contributed by atoms with Crippen LogP contribution in [0.2, 0.25) is 0 Å². The number of hydrazone groups is 1. The van der Waals surface area contributed by atoms with Crippen molar-refractivity contribution in [2.75, 3.05) is 0 Å². The van der Waals surface area contributed by atoms with Crippen LogP contribution in [-0.2, 0) is 0 Å². The topological polar surface area (TPSA) is 70.6 Å². The van der Waals surface area contributed by atoms with Crippen LogP contribution in [0.3, 0.4) is 0 Å². The van der Waals surface area contributed by atoms with Crippen LogP contribution < -0.4 is 11.2 Å². The van der Waals surface area contributed by atoms with E-state index in [1.165, 1.54) is 38.5 Å². The number of thiocarbonyl (C=S) groups is 1. The Hall–Kier alpha value is -0.940. The molecule has 4 nitrogen and oxygen atoms in total. The van der Waals surface area contributed by atoms with Gasteiger partial charge in [0.15, 0.2) is 5.11 Å². The van der Waals surface area contributed by atoms with Crippen molar-refractivity contribution >= 4 is 23.0 Å². The number of aliphatic hydroxyl groups is 1. The molecular formula is C20H31N3OS. The lowest BCUT2D eigenvalue weighted by atomic mass is 9.47. The third kappa shape index (κ3) is 2.66. The Kier molecular flexibility index (Phi) is 4.23. The first-order valence-electron chi connectivity index (χ1n) is 9.86. The summed E-state index contributed by atoms with van der Waals surface area (Å²) >= 11 is 4.86. The first kappa shape index (κ1) is 17.5. The van der Waals surface area contributed by atoms with Crippen molar-refractivity contribution in [2.24, 2.45) is 39.4 Å². The van der Waals surface area contributed by atoms with E-state index in [2.05, 4.69) is 30.5 Å². The smallest absolute Gasteiger partial charge is 0.184 e. The predicted octanol–water partition coefficient (Wildman–Crippen LogP) is 3.50. The van der Waals surface area contributed by atoms with E-state index in [4.69, 9.17) is 18.0 Å². The van der Waals surface area contributed by atoms with Gasteiger partial charge in [0.05, 0.1) is 11.8 Å². The van der Waals surface area contributed by atoms with Gasteiger partial charge in [0.1, 0.15) is 0 Å². The molecule has 3 fully saturated rings. The summed E-state index contributed by atoms with van der Waals surface area (Å²) in [5, 5.41) is 15.2. The summed E-state index contributed by atoms with van der Waals surface area (Å²) in [5.41, 5.74) is 11.4. The molecule has 0 radical (unpaired) electrons. The van der Waals surface area contributed by atoms with E-state index < -0.39 is 0 Å². The van der Waals surface area contributed by atoms with Crippen LogP contribution in [0.5, 0.6) is 0 Å². The number of nitrogens with two attached hydrogens (primary N) is 1. The first-order chi connectivity index (χ1) is 11.8. The molecule has 5 heteroatoms. The van der Waals surface area contributed by atoms with Gasteiger partial charge in [-0.15, -0.1) is 0 Å². The van der Waals surface area contributed by atoms with Crippen LogP contribution in [-0.4, -0.2) is 22.0 Å². The molecule has 0 saturated heterocycles. The van der Waals surface area contributed by atoms with Gasteiger partial charge in [-0.3, -0.25) is 5.43 Å². The maximum atomic E-state index is 10.6. The summed E-state index contributed by atoms with van der Waals surface area (Å²) < 4.78 is 0. The van der Waals surface area contributed by atoms with Gasteiger partial charge in [0.2, 0.25) is 0 Å². The molecule has 138 valence electrons. The molecule has 0 heterocycles. The normalized spacial score (nSPS) is 47.5. The minimum atomic E-state index is -0.0838. The molecule has 0 aliphatic heterocycles. The van der Waals surface area contributed by atoms with Crippen LogP contribution in [0.1, 0.15) is 65.2 Å². The van der Waals surface area contributed by atoms with Gasteiger partial charge in [-0.2, -0.15) is 5.10 Å². The van der Waals surface area contributed by atoms with Crippen LogP contribution in [0, 0.1) is 28.6 Å². The van der Waals surface area contributed by atoms with Crippen LogP contribution in [0.4, 0.5) is 0 Å². The van der Waals surface area contributed by atoms with Crippen LogP contribution in [0.25, 0.3) is 0 Å². The zero-order valence-corrected chi connectivity index (χ0v) is 16.2. The monoisotopic (exact) mass is 361 g/mol. The van der Waals surface area contributed by atoms with Crippen molar-refractivity contribution < 1.29 is 5.11 Å². The summed E-state index contributed by atoms with van der Waals surface area (Å²) in [7, 11) is 0. The zero-order chi connectivity index (χ0) is 17.8. The van der Waals surface area contributed by atoms with Crippen molar-refractivity contribution in [3.63, 3.8) is 0 Å². The highest BCUT2D eigenvalue weighted by atomic mass is 32.1. The van der Waals surface area contributed by atoms with E-state index in [1.54, 1.807) is 5.57 Å². The predicted molar refractivity (Wildman–Crippen MR) is 105 cm³/mol. The molecule has 4 aliphatic carbocycles. The molecule has 0 aromatic carbocycles. The molecule has 0 spiro atoms. The molecule has 4 aliphatic rings. The molecule has 4 N–H and O–H groups in total. The second kappa shape index (κ2) is 6.05. The van der Waals surface area contributed by atoms with Crippen molar-refractivity contribution in [3.8, 4) is 0 Å². The van der Waals surface area contributed by atoms with Crippen molar-refractivity contribution in [1.82, 2.24) is 5.43 Å². The third-order valence-corrected chi connectivity index (χ3v) is 8.33. The highest BCUT2D eigenvalue weighted by Gasteiger charge is 2.58. The lowest BCUT2D eigenvalue weighted by Crippen LogP contribution is -2.51. The van der Waals surface area contributed by atoms with E-state index in [0.717, 1.165) is 30.4 Å². The quantitative estimate of drug-likeness (QED) is 0.494. The summed E-state index contributed by atoms with van der Waals surface area (Å²) in [5.74, 6) is 2.26. The number of fused-ring (bicyclic) bond motifs is 5. The summed E-state index contributed by atoms with van der Waals surface area (Å²) in [6.07, 6.45) is 11.5. The molecule has 0 aromatic heterocycles. The number of nitrogens with one attached hydrogen (secondary N) is 1. The van der Waals surface area contributed by atoms with Crippen molar-refractivity contribution in [2.45, 2.75) is 71.3 Å². The molecule has 4 rings (SSSR count). The Balaban J connectivity index is 1.60. The van der Waals surface area contributed by atoms with Gasteiger partial charge in [-0.25, -0.2) is 0 Å². The maximum Gasteiger partial charge on any atom is 0.184 e. The number of nitrogens with zero attached hydrogens (tertiary/aromatic N) is 1. The van der Waals surface area contributed by atoms with Gasteiger partial charge in [-0.05, 0) is 98.2 Å². The fourth-order valence-corrected chi connectivity index (χ4v) is 6.80. The lowest BCUT2D eigenvalue weighted by Gasteiger charge is -2.57. The average Bonchev–Trinajstić information content (AvgIpc) is 2.88. The van der Waals surface area contributed by atoms with E-state index in [0.29, 0.717) is 11.3 Å². The number of rotatable bonds is 1. The first-order valence-corrected chi connectivity index (χ1v) is 10.3. The molecular weight excluding hydrogens is 330 g/mol. The molecule has 0 unspecified atom stereocenters.